The number of hydrogen-bond acceptors (Lipinski definition) is 6. The van der Waals surface area contributed by atoms with Gasteiger partial charge in [0, 0.05) is 30.4 Å². The maximum Gasteiger partial charge on any atom is 0.417 e. The number of piperidine rings is 1. The largest absolute Gasteiger partial charge is 0.487 e. The van der Waals surface area contributed by atoms with Crippen LogP contribution < -0.4 is 10.1 Å². The molecule has 1 unspecified atom stereocenters. The third-order valence-electron chi connectivity index (χ3n) is 5.26. The second-order valence-corrected chi connectivity index (χ2v) is 8.92. The second kappa shape index (κ2) is 8.89. The molecule has 3 aromatic heterocycles. The van der Waals surface area contributed by atoms with Crippen molar-refractivity contribution in [2.45, 2.75) is 25.1 Å². The minimum Gasteiger partial charge on any atom is -0.487 e. The van der Waals surface area contributed by atoms with E-state index in [1.165, 1.54) is 18.3 Å². The third kappa shape index (κ3) is 4.75. The van der Waals surface area contributed by atoms with Gasteiger partial charge in [-0.15, -0.1) is 0 Å². The van der Waals surface area contributed by atoms with Gasteiger partial charge in [0.15, 0.2) is 5.65 Å². The zero-order chi connectivity index (χ0) is 24.9. The number of halogens is 6. The average Bonchev–Trinajstić information content (AvgIpc) is 3.44. The molecule has 1 saturated heterocycles. The van der Waals surface area contributed by atoms with E-state index in [2.05, 4.69) is 20.4 Å². The molecule has 1 aliphatic rings. The SMILES string of the molecule is O=C1CCC(Oc2cc(Cl)c(-c3noc(-c4cn5cc(C(F)(F)F)cc(Cl)c5n4)n3)cc2Cl)CN1. The molecule has 0 saturated carbocycles. The molecular weight excluding hydrogens is 534 g/mol. The Labute approximate surface area is 209 Å². The van der Waals surface area contributed by atoms with Crippen molar-refractivity contribution in [1.29, 1.82) is 0 Å². The van der Waals surface area contributed by atoms with Crippen LogP contribution in [-0.2, 0) is 11.0 Å². The summed E-state index contributed by atoms with van der Waals surface area (Å²) in [6.45, 7) is 0.357. The number of benzene rings is 1. The van der Waals surface area contributed by atoms with Crippen molar-refractivity contribution < 1.29 is 27.2 Å². The Balaban J connectivity index is 1.42. The van der Waals surface area contributed by atoms with Gasteiger partial charge >= 0.3 is 6.18 Å². The van der Waals surface area contributed by atoms with Crippen molar-refractivity contribution in [2.24, 2.45) is 0 Å². The summed E-state index contributed by atoms with van der Waals surface area (Å²) < 4.78 is 51.5. The molecule has 5 rings (SSSR count). The van der Waals surface area contributed by atoms with Crippen LogP contribution in [0.3, 0.4) is 0 Å². The van der Waals surface area contributed by atoms with E-state index in [-0.39, 0.29) is 50.1 Å². The van der Waals surface area contributed by atoms with E-state index in [4.69, 9.17) is 44.1 Å². The first-order valence-electron chi connectivity index (χ1n) is 10.1. The van der Waals surface area contributed by atoms with Crippen molar-refractivity contribution in [3.8, 4) is 28.7 Å². The molecule has 8 nitrogen and oxygen atoms in total. The normalized spacial score (nSPS) is 16.5. The van der Waals surface area contributed by atoms with Crippen molar-refractivity contribution in [3.05, 3.63) is 51.2 Å². The lowest BCUT2D eigenvalue weighted by Crippen LogP contribution is -2.40. The smallest absolute Gasteiger partial charge is 0.417 e. The highest BCUT2D eigenvalue weighted by molar-refractivity contribution is 6.36. The fourth-order valence-electron chi connectivity index (χ4n) is 3.53. The number of amides is 1. The zero-order valence-corrected chi connectivity index (χ0v) is 19.6. The van der Waals surface area contributed by atoms with E-state index in [9.17, 15) is 18.0 Å². The first-order valence-corrected chi connectivity index (χ1v) is 11.2. The van der Waals surface area contributed by atoms with Crippen molar-refractivity contribution in [2.75, 3.05) is 6.54 Å². The number of fused-ring (bicyclic) bond motifs is 1. The fourth-order valence-corrected chi connectivity index (χ4v) is 4.24. The summed E-state index contributed by atoms with van der Waals surface area (Å²) in [4.78, 5) is 19.8. The molecule has 1 amide bonds. The van der Waals surface area contributed by atoms with Gasteiger partial charge in [-0.2, -0.15) is 18.2 Å². The zero-order valence-electron chi connectivity index (χ0n) is 17.4. The van der Waals surface area contributed by atoms with Crippen LogP contribution in [-0.4, -0.2) is 38.1 Å². The molecule has 4 heterocycles. The number of rotatable bonds is 4. The summed E-state index contributed by atoms with van der Waals surface area (Å²) in [5.41, 5.74) is -0.371. The van der Waals surface area contributed by atoms with Crippen molar-refractivity contribution in [1.82, 2.24) is 24.8 Å². The molecular formula is C21H13Cl3F3N5O3. The number of carbonyl (C=O) groups is 1. The predicted molar refractivity (Wildman–Crippen MR) is 121 cm³/mol. The van der Waals surface area contributed by atoms with E-state index in [1.54, 1.807) is 0 Å². The van der Waals surface area contributed by atoms with Gasteiger partial charge < -0.3 is 19.0 Å². The molecule has 14 heteroatoms. The Morgan fingerprint density at radius 3 is 2.60 bits per heavy atom. The number of aromatic nitrogens is 4. The Hall–Kier alpha value is -3.02. The highest BCUT2D eigenvalue weighted by atomic mass is 35.5. The van der Waals surface area contributed by atoms with Crippen LogP contribution in [0.4, 0.5) is 13.2 Å². The van der Waals surface area contributed by atoms with Gasteiger partial charge in [-0.25, -0.2) is 4.98 Å². The van der Waals surface area contributed by atoms with Crippen LogP contribution in [0.1, 0.15) is 18.4 Å². The number of nitrogens with zero attached hydrogens (tertiary/aromatic N) is 4. The summed E-state index contributed by atoms with van der Waals surface area (Å²) in [5.74, 6) is 0.327. The van der Waals surface area contributed by atoms with Gasteiger partial charge in [0.05, 0.1) is 27.2 Å². The van der Waals surface area contributed by atoms with E-state index >= 15 is 0 Å². The molecule has 1 aliphatic heterocycles. The highest BCUT2D eigenvalue weighted by Crippen LogP contribution is 2.38. The Bertz CT molecular complexity index is 1440. The predicted octanol–water partition coefficient (Wildman–Crippen LogP) is 5.69. The van der Waals surface area contributed by atoms with Crippen molar-refractivity contribution in [3.63, 3.8) is 0 Å². The van der Waals surface area contributed by atoms with E-state index in [0.717, 1.165) is 16.7 Å². The van der Waals surface area contributed by atoms with E-state index in [1.807, 2.05) is 0 Å². The van der Waals surface area contributed by atoms with Gasteiger partial charge in [0.2, 0.25) is 11.7 Å². The summed E-state index contributed by atoms with van der Waals surface area (Å²) in [6.07, 6.45) is -1.76. The van der Waals surface area contributed by atoms with Gasteiger partial charge in [-0.05, 0) is 18.6 Å². The topological polar surface area (TPSA) is 94.5 Å². The van der Waals surface area contributed by atoms with Crippen LogP contribution in [0, 0.1) is 0 Å². The number of hydrogen-bond donors (Lipinski definition) is 1. The van der Waals surface area contributed by atoms with Crippen LogP contribution >= 0.6 is 34.8 Å². The van der Waals surface area contributed by atoms with E-state index in [0.29, 0.717) is 30.7 Å². The first kappa shape index (κ1) is 23.7. The number of pyridine rings is 1. The third-order valence-corrected chi connectivity index (χ3v) is 6.14. The summed E-state index contributed by atoms with van der Waals surface area (Å²) in [7, 11) is 0. The number of ether oxygens (including phenoxy) is 1. The lowest BCUT2D eigenvalue weighted by molar-refractivity contribution is -0.137. The van der Waals surface area contributed by atoms with Crippen LogP contribution in [0.5, 0.6) is 5.75 Å². The number of carbonyl (C=O) groups excluding carboxylic acids is 1. The van der Waals surface area contributed by atoms with Gasteiger partial charge in [-0.3, -0.25) is 4.79 Å². The number of nitrogens with one attached hydrogen (secondary N) is 1. The molecule has 0 aliphatic carbocycles. The molecule has 0 radical (unpaired) electrons. The summed E-state index contributed by atoms with van der Waals surface area (Å²) in [5, 5.41) is 6.89. The minimum absolute atomic E-state index is 0.0362. The summed E-state index contributed by atoms with van der Waals surface area (Å²) >= 11 is 18.8. The second-order valence-electron chi connectivity index (χ2n) is 7.70. The van der Waals surface area contributed by atoms with E-state index < -0.39 is 11.7 Å². The molecule has 35 heavy (non-hydrogen) atoms. The molecule has 1 N–H and O–H groups in total. The first-order chi connectivity index (χ1) is 16.6. The maximum atomic E-state index is 13.1. The average molecular weight is 547 g/mol. The van der Waals surface area contributed by atoms with Crippen molar-refractivity contribution >= 4 is 46.4 Å². The lowest BCUT2D eigenvalue weighted by Gasteiger charge is -2.24. The standard InChI is InChI=1S/C21H13Cl3F3N5O3/c22-12-5-16(34-10-1-2-17(33)28-6-10)13(23)4-11(12)18-30-20(35-31-18)15-8-32-7-9(21(25,26)27)3-14(24)19(32)29-15/h3-5,7-8,10H,1-2,6H2,(H,28,33). The minimum atomic E-state index is -4.57. The Morgan fingerprint density at radius 2 is 1.89 bits per heavy atom. The highest BCUT2D eigenvalue weighted by Gasteiger charge is 2.32. The Morgan fingerprint density at radius 1 is 1.09 bits per heavy atom. The number of alkyl halides is 3. The quantitative estimate of drug-likeness (QED) is 0.354. The van der Waals surface area contributed by atoms with Gasteiger partial charge in [0.25, 0.3) is 5.89 Å². The maximum absolute atomic E-state index is 13.1. The van der Waals surface area contributed by atoms with Crippen LogP contribution in [0.15, 0.2) is 35.1 Å². The molecule has 4 aromatic rings. The monoisotopic (exact) mass is 545 g/mol. The number of imidazole rings is 1. The molecule has 1 aromatic carbocycles. The van der Waals surface area contributed by atoms with Gasteiger partial charge in [0.1, 0.15) is 17.5 Å². The van der Waals surface area contributed by atoms with Gasteiger partial charge in [-0.1, -0.05) is 40.0 Å². The van der Waals surface area contributed by atoms with Crippen LogP contribution in [0.25, 0.3) is 28.6 Å². The molecule has 1 fully saturated rings. The fraction of sp³-hybridized carbons (Fsp3) is 0.238. The lowest BCUT2D eigenvalue weighted by atomic mass is 10.1. The summed E-state index contributed by atoms with van der Waals surface area (Å²) in [6, 6.07) is 3.81. The molecule has 182 valence electrons. The molecule has 1 atom stereocenters. The molecule has 0 bridgehead atoms. The van der Waals surface area contributed by atoms with Crippen LogP contribution in [0.2, 0.25) is 15.1 Å². The Kier molecular flexibility index (Phi) is 6.02. The molecule has 0 spiro atoms.